The molecule has 0 aliphatic carbocycles. The molecule has 26 heavy (non-hydrogen) atoms. The van der Waals surface area contributed by atoms with Crippen LogP contribution in [-0.4, -0.2) is 27.4 Å². The zero-order chi connectivity index (χ0) is 19.1. The lowest BCUT2D eigenvalue weighted by atomic mass is 10.0. The number of ether oxygens (including phenoxy) is 3. The SMILES string of the molecule is CCc1cccc(CC)c1NC(=O)Nc1cc(OC)c(OC)c(OC)c1. The second-order valence-corrected chi connectivity index (χ2v) is 5.65. The first kappa shape index (κ1) is 19.4. The van der Waals surface area contributed by atoms with Gasteiger partial charge >= 0.3 is 6.03 Å². The summed E-state index contributed by atoms with van der Waals surface area (Å²) in [5.41, 5.74) is 3.61. The lowest BCUT2D eigenvalue weighted by Gasteiger charge is -2.17. The Morgan fingerprint density at radius 2 is 1.42 bits per heavy atom. The Balaban J connectivity index is 2.26. The van der Waals surface area contributed by atoms with Gasteiger partial charge in [-0.1, -0.05) is 32.0 Å². The summed E-state index contributed by atoms with van der Waals surface area (Å²) in [6.07, 6.45) is 1.68. The molecule has 0 aromatic heterocycles. The fraction of sp³-hybridized carbons (Fsp3) is 0.350. The molecule has 140 valence electrons. The normalized spacial score (nSPS) is 10.2. The van der Waals surface area contributed by atoms with E-state index < -0.39 is 0 Å². The van der Waals surface area contributed by atoms with Gasteiger partial charge < -0.3 is 24.8 Å². The first-order chi connectivity index (χ1) is 12.6. The van der Waals surface area contributed by atoms with E-state index in [2.05, 4.69) is 24.5 Å². The maximum atomic E-state index is 12.5. The largest absolute Gasteiger partial charge is 0.493 e. The van der Waals surface area contributed by atoms with Crippen LogP contribution >= 0.6 is 0 Å². The number of methoxy groups -OCH3 is 3. The Labute approximate surface area is 154 Å². The van der Waals surface area contributed by atoms with E-state index in [1.807, 2.05) is 18.2 Å². The summed E-state index contributed by atoms with van der Waals surface area (Å²) >= 11 is 0. The van der Waals surface area contributed by atoms with Crippen LogP contribution in [0.15, 0.2) is 30.3 Å². The van der Waals surface area contributed by atoms with E-state index >= 15 is 0 Å². The molecule has 2 aromatic rings. The van der Waals surface area contributed by atoms with Gasteiger partial charge in [-0.15, -0.1) is 0 Å². The highest BCUT2D eigenvalue weighted by molar-refractivity contribution is 6.01. The third-order valence-electron chi connectivity index (χ3n) is 4.16. The smallest absolute Gasteiger partial charge is 0.323 e. The van der Waals surface area contributed by atoms with Crippen molar-refractivity contribution in [3.05, 3.63) is 41.5 Å². The van der Waals surface area contributed by atoms with Gasteiger partial charge in [0.15, 0.2) is 11.5 Å². The van der Waals surface area contributed by atoms with E-state index in [9.17, 15) is 4.79 Å². The summed E-state index contributed by atoms with van der Waals surface area (Å²) in [4.78, 5) is 12.5. The Hall–Kier alpha value is -2.89. The average Bonchev–Trinajstić information content (AvgIpc) is 2.67. The molecule has 2 amide bonds. The first-order valence-electron chi connectivity index (χ1n) is 8.56. The van der Waals surface area contributed by atoms with Gasteiger partial charge in [0, 0.05) is 17.8 Å². The van der Waals surface area contributed by atoms with Gasteiger partial charge in [0.25, 0.3) is 0 Å². The quantitative estimate of drug-likeness (QED) is 0.766. The molecular weight excluding hydrogens is 332 g/mol. The second-order valence-electron chi connectivity index (χ2n) is 5.65. The summed E-state index contributed by atoms with van der Waals surface area (Å²) in [7, 11) is 4.60. The molecule has 6 nitrogen and oxygen atoms in total. The number of hydrogen-bond donors (Lipinski definition) is 2. The molecule has 2 rings (SSSR count). The van der Waals surface area contributed by atoms with Crippen molar-refractivity contribution < 1.29 is 19.0 Å². The standard InChI is InChI=1S/C20H26N2O4/c1-6-13-9-8-10-14(7-2)18(13)22-20(23)21-15-11-16(24-3)19(26-5)17(12-15)25-4/h8-12H,6-7H2,1-5H3,(H2,21,22,23). The first-order valence-corrected chi connectivity index (χ1v) is 8.56. The van der Waals surface area contributed by atoms with E-state index in [1.54, 1.807) is 12.1 Å². The highest BCUT2D eigenvalue weighted by Crippen LogP contribution is 2.40. The lowest BCUT2D eigenvalue weighted by Crippen LogP contribution is -2.21. The minimum absolute atomic E-state index is 0.324. The maximum absolute atomic E-state index is 12.5. The zero-order valence-electron chi connectivity index (χ0n) is 15.9. The molecule has 0 bridgehead atoms. The van der Waals surface area contributed by atoms with Gasteiger partial charge in [0.2, 0.25) is 5.75 Å². The number of nitrogens with one attached hydrogen (secondary N) is 2. The summed E-state index contributed by atoms with van der Waals surface area (Å²) in [5.74, 6) is 1.43. The van der Waals surface area contributed by atoms with Crippen LogP contribution in [0.4, 0.5) is 16.2 Å². The summed E-state index contributed by atoms with van der Waals surface area (Å²) in [6.45, 7) is 4.13. The molecule has 0 saturated carbocycles. The zero-order valence-corrected chi connectivity index (χ0v) is 15.9. The van der Waals surface area contributed by atoms with E-state index in [-0.39, 0.29) is 6.03 Å². The summed E-state index contributed by atoms with van der Waals surface area (Å²) in [6, 6.07) is 9.11. The number of para-hydroxylation sites is 1. The van der Waals surface area contributed by atoms with E-state index in [0.29, 0.717) is 22.9 Å². The Kier molecular flexibility index (Phi) is 6.72. The number of rotatable bonds is 7. The van der Waals surface area contributed by atoms with Gasteiger partial charge in [-0.25, -0.2) is 4.79 Å². The third-order valence-corrected chi connectivity index (χ3v) is 4.16. The molecular formula is C20H26N2O4. The van der Waals surface area contributed by atoms with Crippen molar-refractivity contribution in [2.75, 3.05) is 32.0 Å². The Bertz CT molecular complexity index is 727. The molecule has 0 radical (unpaired) electrons. The van der Waals surface area contributed by atoms with Crippen LogP contribution in [-0.2, 0) is 12.8 Å². The minimum Gasteiger partial charge on any atom is -0.493 e. The van der Waals surface area contributed by atoms with Crippen LogP contribution in [0.1, 0.15) is 25.0 Å². The van der Waals surface area contributed by atoms with Gasteiger partial charge in [-0.05, 0) is 24.0 Å². The van der Waals surface area contributed by atoms with E-state index in [1.165, 1.54) is 21.3 Å². The summed E-state index contributed by atoms with van der Waals surface area (Å²) < 4.78 is 15.9. The van der Waals surface area contributed by atoms with Crippen molar-refractivity contribution in [1.82, 2.24) is 0 Å². The van der Waals surface area contributed by atoms with Crippen LogP contribution in [0.25, 0.3) is 0 Å². The van der Waals surface area contributed by atoms with Crippen molar-refractivity contribution >= 4 is 17.4 Å². The number of hydrogen-bond acceptors (Lipinski definition) is 4. The van der Waals surface area contributed by atoms with Crippen molar-refractivity contribution in [3.63, 3.8) is 0 Å². The number of benzene rings is 2. The van der Waals surface area contributed by atoms with Crippen molar-refractivity contribution in [3.8, 4) is 17.2 Å². The lowest BCUT2D eigenvalue weighted by molar-refractivity contribution is 0.262. The maximum Gasteiger partial charge on any atom is 0.323 e. The minimum atomic E-state index is -0.324. The molecule has 0 atom stereocenters. The van der Waals surface area contributed by atoms with Crippen LogP contribution in [0.3, 0.4) is 0 Å². The van der Waals surface area contributed by atoms with Crippen LogP contribution in [0, 0.1) is 0 Å². The molecule has 0 unspecified atom stereocenters. The molecule has 2 aromatic carbocycles. The van der Waals surface area contributed by atoms with Crippen LogP contribution < -0.4 is 24.8 Å². The highest BCUT2D eigenvalue weighted by Gasteiger charge is 2.15. The fourth-order valence-corrected chi connectivity index (χ4v) is 2.83. The monoisotopic (exact) mass is 358 g/mol. The van der Waals surface area contributed by atoms with Gasteiger partial charge in [-0.2, -0.15) is 0 Å². The van der Waals surface area contributed by atoms with Crippen molar-refractivity contribution in [1.29, 1.82) is 0 Å². The third kappa shape index (κ3) is 4.20. The fourth-order valence-electron chi connectivity index (χ4n) is 2.83. The number of aryl methyl sites for hydroxylation is 2. The predicted molar refractivity (Wildman–Crippen MR) is 104 cm³/mol. The highest BCUT2D eigenvalue weighted by atomic mass is 16.5. The molecule has 0 fully saturated rings. The van der Waals surface area contributed by atoms with E-state index in [0.717, 1.165) is 29.7 Å². The van der Waals surface area contributed by atoms with E-state index in [4.69, 9.17) is 14.2 Å². The molecule has 0 aliphatic heterocycles. The Morgan fingerprint density at radius 3 is 1.85 bits per heavy atom. The Morgan fingerprint density at radius 1 is 0.885 bits per heavy atom. The predicted octanol–water partition coefficient (Wildman–Crippen LogP) is 4.48. The van der Waals surface area contributed by atoms with Gasteiger partial charge in [0.05, 0.1) is 27.0 Å². The summed E-state index contributed by atoms with van der Waals surface area (Å²) in [5, 5.41) is 5.80. The number of amides is 2. The number of carbonyl (C=O) groups excluding carboxylic acids is 1. The molecule has 0 aliphatic rings. The molecule has 0 spiro atoms. The van der Waals surface area contributed by atoms with Crippen LogP contribution in [0.5, 0.6) is 17.2 Å². The number of carbonyl (C=O) groups is 1. The van der Waals surface area contributed by atoms with Crippen molar-refractivity contribution in [2.45, 2.75) is 26.7 Å². The van der Waals surface area contributed by atoms with Crippen LogP contribution in [0.2, 0.25) is 0 Å². The molecule has 6 heteroatoms. The molecule has 0 heterocycles. The molecule has 2 N–H and O–H groups in total. The van der Waals surface area contributed by atoms with Gasteiger partial charge in [0.1, 0.15) is 0 Å². The molecule has 0 saturated heterocycles. The van der Waals surface area contributed by atoms with Gasteiger partial charge in [-0.3, -0.25) is 0 Å². The number of anilines is 2. The number of urea groups is 1. The average molecular weight is 358 g/mol. The second kappa shape index (κ2) is 8.99. The van der Waals surface area contributed by atoms with Crippen molar-refractivity contribution in [2.24, 2.45) is 0 Å². The topological polar surface area (TPSA) is 68.8 Å².